The second kappa shape index (κ2) is 6.03. The number of rotatable bonds is 3. The molecule has 124 valence electrons. The molecular weight excluding hydrogens is 342 g/mol. The molecule has 1 aromatic carbocycles. The Labute approximate surface area is 147 Å². The Balaban J connectivity index is 1.59. The normalized spacial score (nSPS) is 11.0. The van der Waals surface area contributed by atoms with E-state index in [-0.39, 0.29) is 5.69 Å². The molecule has 0 aliphatic rings. The van der Waals surface area contributed by atoms with Crippen LogP contribution in [0.4, 0.5) is 5.69 Å². The van der Waals surface area contributed by atoms with Crippen LogP contribution < -0.4 is 5.32 Å². The largest absolute Gasteiger partial charge is 0.355 e. The molecule has 0 aliphatic heterocycles. The van der Waals surface area contributed by atoms with Crippen molar-refractivity contribution in [3.8, 4) is 11.3 Å². The fourth-order valence-electron chi connectivity index (χ4n) is 2.43. The molecule has 4 aromatic rings. The van der Waals surface area contributed by atoms with Crippen molar-refractivity contribution in [3.05, 3.63) is 59.1 Å². The van der Waals surface area contributed by atoms with E-state index in [1.807, 2.05) is 18.2 Å². The number of aromatic nitrogens is 4. The summed E-state index contributed by atoms with van der Waals surface area (Å²) in [5.74, 6) is 0.0902. The Hall–Kier alpha value is -3.19. The van der Waals surface area contributed by atoms with E-state index in [1.165, 1.54) is 6.20 Å². The molecule has 3 aromatic heterocycles. The maximum atomic E-state index is 12.4. The van der Waals surface area contributed by atoms with Gasteiger partial charge in [-0.1, -0.05) is 28.9 Å². The lowest BCUT2D eigenvalue weighted by atomic mass is 10.1. The minimum atomic E-state index is -0.398. The highest BCUT2D eigenvalue weighted by molar-refractivity contribution is 6.30. The van der Waals surface area contributed by atoms with Gasteiger partial charge in [-0.05, 0) is 19.1 Å². The number of carbonyl (C=O) groups excluding carboxylic acids is 1. The van der Waals surface area contributed by atoms with Crippen LogP contribution in [0.3, 0.4) is 0 Å². The van der Waals surface area contributed by atoms with Crippen LogP contribution in [-0.4, -0.2) is 26.2 Å². The first-order chi connectivity index (χ1) is 12.1. The van der Waals surface area contributed by atoms with Gasteiger partial charge in [-0.2, -0.15) is 5.10 Å². The van der Waals surface area contributed by atoms with E-state index in [4.69, 9.17) is 16.1 Å². The number of anilines is 1. The zero-order valence-corrected chi connectivity index (χ0v) is 13.8. The maximum Gasteiger partial charge on any atom is 0.277 e. The molecule has 3 heterocycles. The van der Waals surface area contributed by atoms with Crippen molar-refractivity contribution in [2.75, 3.05) is 5.32 Å². The van der Waals surface area contributed by atoms with Crippen molar-refractivity contribution in [1.82, 2.24) is 20.3 Å². The number of amides is 1. The highest BCUT2D eigenvalue weighted by atomic mass is 35.5. The Kier molecular flexibility index (Phi) is 3.70. The van der Waals surface area contributed by atoms with Crippen LogP contribution in [-0.2, 0) is 0 Å². The molecule has 2 N–H and O–H groups in total. The van der Waals surface area contributed by atoms with E-state index in [9.17, 15) is 4.79 Å². The number of aromatic amines is 1. The number of hydrogen-bond donors (Lipinski definition) is 2. The molecule has 0 aliphatic carbocycles. The van der Waals surface area contributed by atoms with Gasteiger partial charge in [0.15, 0.2) is 11.5 Å². The summed E-state index contributed by atoms with van der Waals surface area (Å²) in [4.78, 5) is 16.5. The third-order valence-corrected chi connectivity index (χ3v) is 3.98. The van der Waals surface area contributed by atoms with Gasteiger partial charge < -0.3 is 9.84 Å². The number of fused-ring (bicyclic) bond motifs is 1. The fraction of sp³-hybridized carbons (Fsp3) is 0.0588. The molecule has 0 saturated heterocycles. The number of carbonyl (C=O) groups is 1. The van der Waals surface area contributed by atoms with Crippen LogP contribution in [0.1, 0.15) is 16.2 Å². The molecule has 8 heteroatoms. The molecular formula is C17H12ClN5O2. The quantitative estimate of drug-likeness (QED) is 0.583. The zero-order chi connectivity index (χ0) is 17.4. The van der Waals surface area contributed by atoms with Crippen LogP contribution in [0.15, 0.2) is 47.2 Å². The fourth-order valence-corrected chi connectivity index (χ4v) is 2.59. The van der Waals surface area contributed by atoms with Gasteiger partial charge in [0.1, 0.15) is 0 Å². The summed E-state index contributed by atoms with van der Waals surface area (Å²) >= 11 is 5.91. The zero-order valence-electron chi connectivity index (χ0n) is 13.1. The van der Waals surface area contributed by atoms with E-state index in [1.54, 1.807) is 25.3 Å². The van der Waals surface area contributed by atoms with Gasteiger partial charge in [0.25, 0.3) is 5.91 Å². The molecule has 4 rings (SSSR count). The lowest BCUT2D eigenvalue weighted by Gasteiger charge is -2.05. The van der Waals surface area contributed by atoms with Crippen molar-refractivity contribution in [2.45, 2.75) is 6.92 Å². The van der Waals surface area contributed by atoms with Crippen LogP contribution in [0.25, 0.3) is 22.2 Å². The average molecular weight is 354 g/mol. The number of aryl methyl sites for hydroxylation is 1. The lowest BCUT2D eigenvalue weighted by molar-refractivity contribution is 0.101. The van der Waals surface area contributed by atoms with Crippen molar-refractivity contribution in [1.29, 1.82) is 0 Å². The van der Waals surface area contributed by atoms with Crippen LogP contribution in [0, 0.1) is 6.92 Å². The van der Waals surface area contributed by atoms with Gasteiger partial charge in [-0.15, -0.1) is 0 Å². The summed E-state index contributed by atoms with van der Waals surface area (Å²) in [6.45, 7) is 1.78. The van der Waals surface area contributed by atoms with E-state index < -0.39 is 5.91 Å². The number of nitrogens with zero attached hydrogens (tertiary/aromatic N) is 3. The first kappa shape index (κ1) is 15.3. The summed E-state index contributed by atoms with van der Waals surface area (Å²) in [5.41, 5.74) is 3.02. The second-order valence-corrected chi connectivity index (χ2v) is 5.93. The third kappa shape index (κ3) is 2.97. The highest BCUT2D eigenvalue weighted by Gasteiger charge is 2.15. The van der Waals surface area contributed by atoms with Gasteiger partial charge in [0, 0.05) is 23.2 Å². The summed E-state index contributed by atoms with van der Waals surface area (Å²) in [6.07, 6.45) is 3.26. The molecule has 0 radical (unpaired) electrons. The molecule has 25 heavy (non-hydrogen) atoms. The molecule has 0 bridgehead atoms. The van der Waals surface area contributed by atoms with Crippen molar-refractivity contribution >= 4 is 34.1 Å². The minimum absolute atomic E-state index is 0.166. The van der Waals surface area contributed by atoms with Crippen LogP contribution >= 0.6 is 11.6 Å². The number of benzene rings is 1. The monoisotopic (exact) mass is 353 g/mol. The minimum Gasteiger partial charge on any atom is -0.355 e. The van der Waals surface area contributed by atoms with Crippen LogP contribution in [0.2, 0.25) is 5.02 Å². The van der Waals surface area contributed by atoms with Crippen molar-refractivity contribution in [3.63, 3.8) is 0 Å². The first-order valence-corrected chi connectivity index (χ1v) is 7.82. The van der Waals surface area contributed by atoms with Gasteiger partial charge in [-0.25, -0.2) is 0 Å². The van der Waals surface area contributed by atoms with Crippen molar-refractivity contribution in [2.24, 2.45) is 0 Å². The first-order valence-electron chi connectivity index (χ1n) is 7.44. The summed E-state index contributed by atoms with van der Waals surface area (Å²) < 4.78 is 5.30. The van der Waals surface area contributed by atoms with Gasteiger partial charge in [0.2, 0.25) is 0 Å². The summed E-state index contributed by atoms with van der Waals surface area (Å²) in [7, 11) is 0. The predicted molar refractivity (Wildman–Crippen MR) is 93.5 cm³/mol. The van der Waals surface area contributed by atoms with E-state index in [0.717, 1.165) is 16.5 Å². The predicted octanol–water partition coefficient (Wildman–Crippen LogP) is 3.83. The van der Waals surface area contributed by atoms with E-state index >= 15 is 0 Å². The van der Waals surface area contributed by atoms with E-state index in [0.29, 0.717) is 22.2 Å². The van der Waals surface area contributed by atoms with Crippen molar-refractivity contribution < 1.29 is 9.32 Å². The SMILES string of the molecule is Cc1ncc(Cl)cc1NC(=O)c1cc(-c2ccc3cn[nH]c3c2)on1. The number of pyridine rings is 1. The second-order valence-electron chi connectivity index (χ2n) is 5.49. The Morgan fingerprint density at radius 1 is 1.24 bits per heavy atom. The summed E-state index contributed by atoms with van der Waals surface area (Å²) in [6, 6.07) is 8.90. The Morgan fingerprint density at radius 3 is 3.00 bits per heavy atom. The van der Waals surface area contributed by atoms with E-state index in [2.05, 4.69) is 25.7 Å². The number of halogens is 1. The lowest BCUT2D eigenvalue weighted by Crippen LogP contribution is -2.13. The van der Waals surface area contributed by atoms with Crippen LogP contribution in [0.5, 0.6) is 0 Å². The maximum absolute atomic E-state index is 12.4. The highest BCUT2D eigenvalue weighted by Crippen LogP contribution is 2.25. The molecule has 0 fully saturated rings. The smallest absolute Gasteiger partial charge is 0.277 e. The average Bonchev–Trinajstić information content (AvgIpc) is 3.26. The van der Waals surface area contributed by atoms with Gasteiger partial charge in [-0.3, -0.25) is 14.9 Å². The molecule has 0 saturated carbocycles. The number of nitrogens with one attached hydrogen (secondary N) is 2. The summed E-state index contributed by atoms with van der Waals surface area (Å²) in [5, 5.41) is 14.9. The number of hydrogen-bond acceptors (Lipinski definition) is 5. The molecule has 1 amide bonds. The topological polar surface area (TPSA) is 96.7 Å². The molecule has 7 nitrogen and oxygen atoms in total. The van der Waals surface area contributed by atoms with Gasteiger partial charge in [0.05, 0.1) is 28.1 Å². The molecule has 0 spiro atoms. The molecule has 0 atom stereocenters. The Morgan fingerprint density at radius 2 is 2.12 bits per heavy atom. The standard InChI is InChI=1S/C17H12ClN5O2/c1-9-13(5-12(18)8-19-9)21-17(24)15-6-16(25-23-15)10-2-3-11-7-20-22-14(11)4-10/h2-8H,1H3,(H,20,22)(H,21,24). The molecule has 0 unspecified atom stereocenters. The number of H-pyrrole nitrogens is 1. The Bertz CT molecular complexity index is 1090. The van der Waals surface area contributed by atoms with Gasteiger partial charge >= 0.3 is 0 Å². The third-order valence-electron chi connectivity index (χ3n) is 3.77.